The van der Waals surface area contributed by atoms with E-state index in [9.17, 15) is 0 Å². The third kappa shape index (κ3) is 3.77. The summed E-state index contributed by atoms with van der Waals surface area (Å²) >= 11 is 10.6. The predicted molar refractivity (Wildman–Crippen MR) is 94.6 cm³/mol. The molecule has 1 atom stereocenters. The summed E-state index contributed by atoms with van der Waals surface area (Å²) in [6, 6.07) is 12.3. The molecule has 0 saturated carbocycles. The van der Waals surface area contributed by atoms with E-state index in [1.807, 2.05) is 30.3 Å². The summed E-state index contributed by atoms with van der Waals surface area (Å²) in [5.74, 6) is 0.827. The van der Waals surface area contributed by atoms with E-state index in [1.54, 1.807) is 7.11 Å². The molecule has 5 heteroatoms. The van der Waals surface area contributed by atoms with Gasteiger partial charge in [0.05, 0.1) is 12.8 Å². The van der Waals surface area contributed by atoms with Gasteiger partial charge in [0.2, 0.25) is 0 Å². The second-order valence-corrected chi connectivity index (χ2v) is 7.06. The van der Waals surface area contributed by atoms with Crippen LogP contribution in [0.2, 0.25) is 0 Å². The van der Waals surface area contributed by atoms with Crippen molar-refractivity contribution < 1.29 is 4.74 Å². The normalized spacial score (nSPS) is 12.1. The van der Waals surface area contributed by atoms with Crippen molar-refractivity contribution in [2.24, 2.45) is 0 Å². The molecule has 2 aromatic rings. The molecule has 20 heavy (non-hydrogen) atoms. The van der Waals surface area contributed by atoms with Gasteiger partial charge in [-0.25, -0.2) is 0 Å². The second-order valence-electron chi connectivity index (χ2n) is 4.38. The van der Waals surface area contributed by atoms with Crippen molar-refractivity contribution in [3.05, 3.63) is 55.4 Å². The molecule has 0 radical (unpaired) electrons. The van der Waals surface area contributed by atoms with E-state index in [0.29, 0.717) is 0 Å². The lowest BCUT2D eigenvalue weighted by Crippen LogP contribution is -2.08. The molecule has 0 saturated heterocycles. The minimum Gasteiger partial charge on any atom is -0.495 e. The number of anilines is 1. The van der Waals surface area contributed by atoms with Crippen molar-refractivity contribution in [1.29, 1.82) is 0 Å². The zero-order valence-electron chi connectivity index (χ0n) is 11.1. The van der Waals surface area contributed by atoms with E-state index < -0.39 is 0 Å². The fraction of sp³-hybridized carbons (Fsp3) is 0.200. The third-order valence-electron chi connectivity index (χ3n) is 2.96. The molecule has 2 nitrogen and oxygen atoms in total. The molecule has 2 rings (SSSR count). The number of hydrogen-bond acceptors (Lipinski definition) is 2. The van der Waals surface area contributed by atoms with Gasteiger partial charge in [-0.15, -0.1) is 0 Å². The van der Waals surface area contributed by atoms with Gasteiger partial charge in [0, 0.05) is 19.5 Å². The predicted octanol–water partition coefficient (Wildman–Crippen LogP) is 6.16. The van der Waals surface area contributed by atoms with E-state index in [1.165, 1.54) is 5.56 Å². The Morgan fingerprint density at radius 1 is 1.00 bits per heavy atom. The SMILES string of the molecule is COc1ccc(Br)cc1NC(C)c1ccc(Br)cc1Br. The maximum atomic E-state index is 5.38. The molecule has 0 amide bonds. The largest absolute Gasteiger partial charge is 0.495 e. The van der Waals surface area contributed by atoms with Gasteiger partial charge in [-0.2, -0.15) is 0 Å². The third-order valence-corrected chi connectivity index (χ3v) is 4.64. The minimum atomic E-state index is 0.153. The molecule has 0 aliphatic heterocycles. The molecule has 0 aliphatic rings. The van der Waals surface area contributed by atoms with Crippen LogP contribution in [0.25, 0.3) is 0 Å². The Balaban J connectivity index is 2.27. The maximum absolute atomic E-state index is 5.38. The first-order valence-corrected chi connectivity index (χ1v) is 8.44. The molecule has 106 valence electrons. The lowest BCUT2D eigenvalue weighted by Gasteiger charge is -2.19. The fourth-order valence-corrected chi connectivity index (χ4v) is 3.71. The molecule has 0 heterocycles. The van der Waals surface area contributed by atoms with Crippen LogP contribution < -0.4 is 10.1 Å². The quantitative estimate of drug-likeness (QED) is 0.586. The summed E-state index contributed by atoms with van der Waals surface area (Å²) in [7, 11) is 1.68. The molecule has 2 aromatic carbocycles. The summed E-state index contributed by atoms with van der Waals surface area (Å²) in [4.78, 5) is 0. The fourth-order valence-electron chi connectivity index (χ4n) is 1.96. The molecule has 0 spiro atoms. The number of rotatable bonds is 4. The Morgan fingerprint density at radius 3 is 2.30 bits per heavy atom. The molecule has 1 unspecified atom stereocenters. The van der Waals surface area contributed by atoms with Gasteiger partial charge in [0.25, 0.3) is 0 Å². The standard InChI is InChI=1S/C15H14Br3NO/c1-9(12-5-3-10(16)7-13(12)18)19-14-8-11(17)4-6-15(14)20-2/h3-9,19H,1-2H3. The monoisotopic (exact) mass is 461 g/mol. The number of methoxy groups -OCH3 is 1. The lowest BCUT2D eigenvalue weighted by molar-refractivity contribution is 0.416. The summed E-state index contributed by atoms with van der Waals surface area (Å²) in [6.07, 6.45) is 0. The van der Waals surface area contributed by atoms with Crippen LogP contribution >= 0.6 is 47.8 Å². The number of benzene rings is 2. The first kappa shape index (κ1) is 15.9. The summed E-state index contributed by atoms with van der Waals surface area (Å²) in [6.45, 7) is 2.12. The van der Waals surface area contributed by atoms with E-state index in [2.05, 4.69) is 66.1 Å². The lowest BCUT2D eigenvalue weighted by atomic mass is 10.1. The van der Waals surface area contributed by atoms with Gasteiger partial charge < -0.3 is 10.1 Å². The number of nitrogens with one attached hydrogen (secondary N) is 1. The van der Waals surface area contributed by atoms with Gasteiger partial charge >= 0.3 is 0 Å². The smallest absolute Gasteiger partial charge is 0.142 e. The van der Waals surface area contributed by atoms with E-state index >= 15 is 0 Å². The highest BCUT2D eigenvalue weighted by Gasteiger charge is 2.12. The van der Waals surface area contributed by atoms with Gasteiger partial charge in [0.15, 0.2) is 0 Å². The van der Waals surface area contributed by atoms with Gasteiger partial charge in [0.1, 0.15) is 5.75 Å². The molecule has 0 fully saturated rings. The summed E-state index contributed by atoms with van der Waals surface area (Å²) < 4.78 is 8.53. The highest BCUT2D eigenvalue weighted by atomic mass is 79.9. The van der Waals surface area contributed by atoms with Gasteiger partial charge in [-0.1, -0.05) is 53.9 Å². The topological polar surface area (TPSA) is 21.3 Å². The molecule has 0 aliphatic carbocycles. The minimum absolute atomic E-state index is 0.153. The van der Waals surface area contributed by atoms with Crippen LogP contribution in [-0.2, 0) is 0 Å². The van der Waals surface area contributed by atoms with Gasteiger partial charge in [-0.05, 0) is 42.8 Å². The number of hydrogen-bond donors (Lipinski definition) is 1. The van der Waals surface area contributed by atoms with E-state index in [0.717, 1.165) is 24.9 Å². The highest BCUT2D eigenvalue weighted by Crippen LogP contribution is 2.33. The van der Waals surface area contributed by atoms with Crippen LogP contribution in [0.1, 0.15) is 18.5 Å². The maximum Gasteiger partial charge on any atom is 0.142 e. The van der Waals surface area contributed by atoms with Crippen molar-refractivity contribution in [2.45, 2.75) is 13.0 Å². The second kappa shape index (κ2) is 6.96. The molecule has 0 bridgehead atoms. The van der Waals surface area contributed by atoms with Crippen molar-refractivity contribution in [3.63, 3.8) is 0 Å². The first-order chi connectivity index (χ1) is 9.51. The summed E-state index contributed by atoms with van der Waals surface area (Å²) in [5.41, 5.74) is 2.15. The van der Waals surface area contributed by atoms with Gasteiger partial charge in [-0.3, -0.25) is 0 Å². The van der Waals surface area contributed by atoms with Crippen LogP contribution in [0.5, 0.6) is 5.75 Å². The van der Waals surface area contributed by atoms with Crippen LogP contribution in [0.4, 0.5) is 5.69 Å². The Labute approximate surface area is 144 Å². The van der Waals surface area contributed by atoms with Crippen molar-refractivity contribution in [1.82, 2.24) is 0 Å². The van der Waals surface area contributed by atoms with Crippen molar-refractivity contribution in [3.8, 4) is 5.75 Å². The Bertz CT molecular complexity index is 616. The van der Waals surface area contributed by atoms with Crippen LogP contribution in [0, 0.1) is 0 Å². The molecular formula is C15H14Br3NO. The Hall–Kier alpha value is -0.520. The first-order valence-electron chi connectivity index (χ1n) is 6.06. The van der Waals surface area contributed by atoms with Crippen molar-refractivity contribution in [2.75, 3.05) is 12.4 Å². The summed E-state index contributed by atoms with van der Waals surface area (Å²) in [5, 5.41) is 3.48. The molecule has 0 aromatic heterocycles. The average molecular weight is 464 g/mol. The van der Waals surface area contributed by atoms with Crippen LogP contribution in [0.15, 0.2) is 49.8 Å². The highest BCUT2D eigenvalue weighted by molar-refractivity contribution is 9.11. The Kier molecular flexibility index (Phi) is 5.52. The van der Waals surface area contributed by atoms with Crippen LogP contribution in [0.3, 0.4) is 0 Å². The van der Waals surface area contributed by atoms with Crippen LogP contribution in [-0.4, -0.2) is 7.11 Å². The molecule has 1 N–H and O–H groups in total. The van der Waals surface area contributed by atoms with E-state index in [4.69, 9.17) is 4.74 Å². The zero-order valence-corrected chi connectivity index (χ0v) is 15.8. The average Bonchev–Trinajstić information content (AvgIpc) is 2.38. The van der Waals surface area contributed by atoms with E-state index in [-0.39, 0.29) is 6.04 Å². The molecular weight excluding hydrogens is 450 g/mol. The number of halogens is 3. The Morgan fingerprint density at radius 2 is 1.65 bits per heavy atom. The number of ether oxygens (including phenoxy) is 1. The zero-order chi connectivity index (χ0) is 14.7. The van der Waals surface area contributed by atoms with Crippen molar-refractivity contribution >= 4 is 53.5 Å².